The predicted octanol–water partition coefficient (Wildman–Crippen LogP) is 8.26. The molecule has 1 unspecified atom stereocenters. The van der Waals surface area contributed by atoms with Gasteiger partial charge < -0.3 is 9.47 Å². The van der Waals surface area contributed by atoms with Gasteiger partial charge in [0.2, 0.25) is 0 Å². The summed E-state index contributed by atoms with van der Waals surface area (Å²) in [5.41, 5.74) is 0. The number of ether oxygens (including phenoxy) is 2. The summed E-state index contributed by atoms with van der Waals surface area (Å²) in [6.45, 7) is 11.5. The van der Waals surface area contributed by atoms with E-state index in [1.54, 1.807) is 0 Å². The van der Waals surface area contributed by atoms with Crippen molar-refractivity contribution in [2.75, 3.05) is 13.2 Å². The Morgan fingerprint density at radius 1 is 0.594 bits per heavy atom. The van der Waals surface area contributed by atoms with Crippen LogP contribution in [0.2, 0.25) is 0 Å². The van der Waals surface area contributed by atoms with E-state index in [9.17, 15) is 9.59 Å². The number of esters is 2. The molecule has 0 amide bonds. The summed E-state index contributed by atoms with van der Waals surface area (Å²) in [6, 6.07) is 0. The Kier molecular flexibility index (Phi) is 21.0. The Morgan fingerprint density at radius 3 is 1.44 bits per heavy atom. The standard InChI is InChI=1S/C28H54O4/c1-6-26(28(30)32-23-25(4)5)20-18-16-14-12-10-8-7-9-11-13-15-17-19-21-27(29)31-22-24(2)3/h24-26H,6-23H2,1-5H3. The maximum Gasteiger partial charge on any atom is 0.308 e. The molecule has 0 N–H and O–H groups in total. The molecule has 0 fully saturated rings. The monoisotopic (exact) mass is 454 g/mol. The fourth-order valence-electron chi connectivity index (χ4n) is 3.79. The molecule has 0 bridgehead atoms. The molecule has 0 saturated heterocycles. The summed E-state index contributed by atoms with van der Waals surface area (Å²) in [5.74, 6) is 0.892. The third-order valence-electron chi connectivity index (χ3n) is 5.90. The SMILES string of the molecule is CCC(CCCCCCCCCCCCCCCC(=O)OCC(C)C)C(=O)OCC(C)C. The third kappa shape index (κ3) is 20.8. The van der Waals surface area contributed by atoms with Crippen LogP contribution in [0.25, 0.3) is 0 Å². The van der Waals surface area contributed by atoms with Crippen molar-refractivity contribution in [1.29, 1.82) is 0 Å². The summed E-state index contributed by atoms with van der Waals surface area (Å²) in [7, 11) is 0. The molecule has 0 spiro atoms. The molecule has 190 valence electrons. The van der Waals surface area contributed by atoms with Crippen LogP contribution in [0.15, 0.2) is 0 Å². The van der Waals surface area contributed by atoms with E-state index in [1.807, 2.05) is 0 Å². The van der Waals surface area contributed by atoms with E-state index in [0.717, 1.165) is 32.1 Å². The maximum absolute atomic E-state index is 12.1. The maximum atomic E-state index is 12.1. The zero-order valence-corrected chi connectivity index (χ0v) is 22.1. The lowest BCUT2D eigenvalue weighted by molar-refractivity contribution is -0.150. The molecule has 0 saturated carbocycles. The highest BCUT2D eigenvalue weighted by Crippen LogP contribution is 2.18. The molecule has 0 aromatic heterocycles. The van der Waals surface area contributed by atoms with Gasteiger partial charge in [0.05, 0.1) is 19.1 Å². The van der Waals surface area contributed by atoms with Crippen LogP contribution in [0.5, 0.6) is 0 Å². The molecule has 0 aromatic carbocycles. The smallest absolute Gasteiger partial charge is 0.308 e. The van der Waals surface area contributed by atoms with Gasteiger partial charge in [0.15, 0.2) is 0 Å². The van der Waals surface area contributed by atoms with Gasteiger partial charge in [-0.15, -0.1) is 0 Å². The average Bonchev–Trinajstić information content (AvgIpc) is 2.75. The van der Waals surface area contributed by atoms with Crippen LogP contribution in [-0.4, -0.2) is 25.2 Å². The van der Waals surface area contributed by atoms with Crippen molar-refractivity contribution >= 4 is 11.9 Å². The minimum atomic E-state index is -0.0342. The molecule has 32 heavy (non-hydrogen) atoms. The molecule has 0 radical (unpaired) electrons. The van der Waals surface area contributed by atoms with E-state index in [1.165, 1.54) is 64.2 Å². The number of unbranched alkanes of at least 4 members (excludes halogenated alkanes) is 12. The van der Waals surface area contributed by atoms with Gasteiger partial charge in [0, 0.05) is 6.42 Å². The number of rotatable bonds is 22. The normalized spacial score (nSPS) is 12.3. The lowest BCUT2D eigenvalue weighted by Gasteiger charge is -2.15. The number of hydrogen-bond acceptors (Lipinski definition) is 4. The van der Waals surface area contributed by atoms with E-state index in [0.29, 0.717) is 31.5 Å². The average molecular weight is 455 g/mol. The molecule has 4 nitrogen and oxygen atoms in total. The highest BCUT2D eigenvalue weighted by Gasteiger charge is 2.17. The topological polar surface area (TPSA) is 52.6 Å². The fraction of sp³-hybridized carbons (Fsp3) is 0.929. The number of carbonyl (C=O) groups is 2. The minimum Gasteiger partial charge on any atom is -0.465 e. The summed E-state index contributed by atoms with van der Waals surface area (Å²) >= 11 is 0. The second-order valence-corrected chi connectivity index (χ2v) is 10.3. The van der Waals surface area contributed by atoms with E-state index in [2.05, 4.69) is 34.6 Å². The van der Waals surface area contributed by atoms with Gasteiger partial charge in [-0.1, -0.05) is 112 Å². The Bertz CT molecular complexity index is 445. The Morgan fingerprint density at radius 2 is 1.00 bits per heavy atom. The van der Waals surface area contributed by atoms with Crippen LogP contribution in [0.4, 0.5) is 0 Å². The first-order valence-electron chi connectivity index (χ1n) is 13.7. The van der Waals surface area contributed by atoms with Gasteiger partial charge >= 0.3 is 11.9 Å². The second kappa shape index (κ2) is 21.8. The van der Waals surface area contributed by atoms with Gasteiger partial charge in [0.25, 0.3) is 0 Å². The van der Waals surface area contributed by atoms with Crippen molar-refractivity contribution in [2.45, 2.75) is 137 Å². The minimum absolute atomic E-state index is 0.00495. The van der Waals surface area contributed by atoms with Crippen molar-refractivity contribution in [3.8, 4) is 0 Å². The highest BCUT2D eigenvalue weighted by molar-refractivity contribution is 5.72. The molecule has 0 aliphatic heterocycles. The quantitative estimate of drug-likeness (QED) is 0.122. The lowest BCUT2D eigenvalue weighted by atomic mass is 9.97. The van der Waals surface area contributed by atoms with Crippen molar-refractivity contribution in [3.05, 3.63) is 0 Å². The summed E-state index contributed by atoms with van der Waals surface area (Å²) in [5, 5.41) is 0. The van der Waals surface area contributed by atoms with Crippen LogP contribution in [0.1, 0.15) is 137 Å². The highest BCUT2D eigenvalue weighted by atomic mass is 16.5. The Balaban J connectivity index is 3.37. The van der Waals surface area contributed by atoms with E-state index in [-0.39, 0.29) is 17.9 Å². The molecule has 0 aliphatic rings. The second-order valence-electron chi connectivity index (χ2n) is 10.3. The van der Waals surface area contributed by atoms with Crippen LogP contribution >= 0.6 is 0 Å². The van der Waals surface area contributed by atoms with E-state index >= 15 is 0 Å². The van der Waals surface area contributed by atoms with Crippen molar-refractivity contribution in [3.63, 3.8) is 0 Å². The van der Waals surface area contributed by atoms with E-state index in [4.69, 9.17) is 9.47 Å². The van der Waals surface area contributed by atoms with Gasteiger partial charge in [0.1, 0.15) is 0 Å². The predicted molar refractivity (Wildman–Crippen MR) is 135 cm³/mol. The Labute approximate surface area is 199 Å². The first-order valence-corrected chi connectivity index (χ1v) is 13.7. The molecular weight excluding hydrogens is 400 g/mol. The third-order valence-corrected chi connectivity index (χ3v) is 5.90. The molecule has 1 atom stereocenters. The van der Waals surface area contributed by atoms with Gasteiger partial charge in [-0.25, -0.2) is 0 Å². The zero-order chi connectivity index (χ0) is 24.0. The molecule has 0 heterocycles. The van der Waals surface area contributed by atoms with Crippen LogP contribution in [0.3, 0.4) is 0 Å². The largest absolute Gasteiger partial charge is 0.465 e. The number of hydrogen-bond donors (Lipinski definition) is 0. The molecular formula is C28H54O4. The van der Waals surface area contributed by atoms with Crippen molar-refractivity contribution in [1.82, 2.24) is 0 Å². The summed E-state index contributed by atoms with van der Waals surface area (Å²) < 4.78 is 10.6. The van der Waals surface area contributed by atoms with Gasteiger partial charge in [-0.05, 0) is 31.1 Å². The lowest BCUT2D eigenvalue weighted by Crippen LogP contribution is -2.19. The first kappa shape index (κ1) is 30.9. The molecule has 0 aromatic rings. The Hall–Kier alpha value is -1.06. The zero-order valence-electron chi connectivity index (χ0n) is 22.1. The molecule has 4 heteroatoms. The number of carbonyl (C=O) groups excluding carboxylic acids is 2. The van der Waals surface area contributed by atoms with Gasteiger partial charge in [-0.2, -0.15) is 0 Å². The van der Waals surface area contributed by atoms with Crippen molar-refractivity contribution in [2.24, 2.45) is 17.8 Å². The fourth-order valence-corrected chi connectivity index (χ4v) is 3.79. The first-order chi connectivity index (χ1) is 15.4. The van der Waals surface area contributed by atoms with Crippen LogP contribution < -0.4 is 0 Å². The molecule has 0 aliphatic carbocycles. The molecule has 0 rings (SSSR count). The summed E-state index contributed by atoms with van der Waals surface area (Å²) in [6.07, 6.45) is 18.8. The van der Waals surface area contributed by atoms with Crippen LogP contribution in [-0.2, 0) is 19.1 Å². The van der Waals surface area contributed by atoms with Crippen LogP contribution in [0, 0.1) is 17.8 Å². The van der Waals surface area contributed by atoms with Gasteiger partial charge in [-0.3, -0.25) is 9.59 Å². The van der Waals surface area contributed by atoms with Crippen molar-refractivity contribution < 1.29 is 19.1 Å². The van der Waals surface area contributed by atoms with E-state index < -0.39 is 0 Å². The summed E-state index contributed by atoms with van der Waals surface area (Å²) in [4.78, 5) is 23.6.